The van der Waals surface area contributed by atoms with Crippen molar-refractivity contribution in [3.8, 4) is 0 Å². The van der Waals surface area contributed by atoms with Gasteiger partial charge in [-0.25, -0.2) is 4.98 Å². The number of anilines is 1. The minimum Gasteiger partial charge on any atom is -0.298 e. The highest BCUT2D eigenvalue weighted by atomic mass is 35.5. The highest BCUT2D eigenvalue weighted by molar-refractivity contribution is 7.22. The number of fused-ring (bicyclic) bond motifs is 2. The van der Waals surface area contributed by atoms with Crippen molar-refractivity contribution in [1.82, 2.24) is 4.98 Å². The van der Waals surface area contributed by atoms with Crippen LogP contribution in [0.5, 0.6) is 0 Å². The molecule has 0 aliphatic heterocycles. The average molecular weight is 357 g/mol. The van der Waals surface area contributed by atoms with Gasteiger partial charge in [-0.2, -0.15) is 0 Å². The van der Waals surface area contributed by atoms with Crippen LogP contribution in [0, 0.1) is 6.92 Å². The van der Waals surface area contributed by atoms with Crippen LogP contribution in [0.2, 0.25) is 5.02 Å². The smallest absolute Gasteiger partial charge is 0.257 e. The van der Waals surface area contributed by atoms with Crippen LogP contribution in [0.4, 0.5) is 5.13 Å². The Balaban J connectivity index is 1.61. The summed E-state index contributed by atoms with van der Waals surface area (Å²) in [4.78, 5) is 17.1. The molecule has 1 aliphatic rings. The third kappa shape index (κ3) is 2.80. The van der Waals surface area contributed by atoms with Crippen LogP contribution in [0.3, 0.4) is 0 Å². The number of halogens is 1. The van der Waals surface area contributed by atoms with Crippen LogP contribution < -0.4 is 5.32 Å². The van der Waals surface area contributed by atoms with Crippen molar-refractivity contribution < 1.29 is 4.79 Å². The Morgan fingerprint density at radius 3 is 2.79 bits per heavy atom. The first-order valence-corrected chi connectivity index (χ1v) is 9.30. The lowest BCUT2D eigenvalue weighted by molar-refractivity contribution is 0.102. The van der Waals surface area contributed by atoms with Crippen molar-refractivity contribution in [3.63, 3.8) is 0 Å². The molecule has 0 bridgehead atoms. The van der Waals surface area contributed by atoms with E-state index in [1.165, 1.54) is 35.3 Å². The number of thiazole rings is 1. The van der Waals surface area contributed by atoms with E-state index in [1.807, 2.05) is 31.2 Å². The zero-order valence-electron chi connectivity index (χ0n) is 13.4. The predicted octanol–water partition coefficient (Wildman–Crippen LogP) is 5.39. The van der Waals surface area contributed by atoms with Crippen LogP contribution >= 0.6 is 22.9 Å². The first-order valence-electron chi connectivity index (χ1n) is 8.10. The number of benzene rings is 2. The largest absolute Gasteiger partial charge is 0.298 e. The third-order valence-electron chi connectivity index (χ3n) is 4.58. The standard InChI is InChI=1S/C19H17ClN2OS/c1-11-15(20)8-9-16-17(11)21-19(24-16)22-18(23)14-7-6-12-4-2-3-5-13(12)10-14/h6-10H,2-5H2,1H3,(H,21,22,23). The van der Waals surface area contributed by atoms with Crippen LogP contribution in [0.25, 0.3) is 10.2 Å². The Kier molecular flexibility index (Phi) is 4.02. The second-order valence-corrected chi connectivity index (χ2v) is 7.62. The molecular formula is C19H17ClN2OS. The molecule has 4 rings (SSSR count). The molecule has 1 heterocycles. The van der Waals surface area contributed by atoms with Crippen LogP contribution in [0.15, 0.2) is 30.3 Å². The number of aromatic nitrogens is 1. The number of hydrogen-bond acceptors (Lipinski definition) is 3. The van der Waals surface area contributed by atoms with Gasteiger partial charge < -0.3 is 0 Å². The van der Waals surface area contributed by atoms with Gasteiger partial charge in [-0.15, -0.1) is 0 Å². The van der Waals surface area contributed by atoms with Crippen molar-refractivity contribution in [2.75, 3.05) is 5.32 Å². The van der Waals surface area contributed by atoms with Crippen molar-refractivity contribution in [3.05, 3.63) is 57.6 Å². The maximum Gasteiger partial charge on any atom is 0.257 e. The molecule has 3 nitrogen and oxygen atoms in total. The quantitative estimate of drug-likeness (QED) is 0.668. The van der Waals surface area contributed by atoms with Crippen LogP contribution in [-0.2, 0) is 12.8 Å². The van der Waals surface area contributed by atoms with Crippen LogP contribution in [-0.4, -0.2) is 10.9 Å². The predicted molar refractivity (Wildman–Crippen MR) is 100 cm³/mol. The number of carbonyl (C=O) groups excluding carboxylic acids is 1. The number of amides is 1. The van der Waals surface area contributed by atoms with Crippen molar-refractivity contribution in [2.45, 2.75) is 32.6 Å². The molecule has 1 amide bonds. The van der Waals surface area contributed by atoms with Gasteiger partial charge in [-0.1, -0.05) is 29.0 Å². The number of nitrogens with one attached hydrogen (secondary N) is 1. The maximum absolute atomic E-state index is 12.6. The molecule has 122 valence electrons. The Bertz CT molecular complexity index is 948. The number of nitrogens with zero attached hydrogens (tertiary/aromatic N) is 1. The van der Waals surface area contributed by atoms with Gasteiger partial charge in [-0.3, -0.25) is 10.1 Å². The molecule has 2 aromatic carbocycles. The van der Waals surface area contributed by atoms with E-state index in [0.717, 1.165) is 28.6 Å². The van der Waals surface area contributed by atoms with Gasteiger partial charge in [0.05, 0.1) is 10.2 Å². The lowest BCUT2D eigenvalue weighted by Crippen LogP contribution is -2.13. The monoisotopic (exact) mass is 356 g/mol. The minimum absolute atomic E-state index is 0.105. The molecule has 0 unspecified atom stereocenters. The van der Waals surface area contributed by atoms with E-state index in [0.29, 0.717) is 15.7 Å². The topological polar surface area (TPSA) is 42.0 Å². The Hall–Kier alpha value is -1.91. The summed E-state index contributed by atoms with van der Waals surface area (Å²) in [5, 5.41) is 4.23. The van der Waals surface area contributed by atoms with Crippen LogP contribution in [0.1, 0.15) is 39.9 Å². The van der Waals surface area contributed by atoms with Crippen molar-refractivity contribution in [1.29, 1.82) is 0 Å². The zero-order chi connectivity index (χ0) is 16.7. The summed E-state index contributed by atoms with van der Waals surface area (Å²) in [6.45, 7) is 1.94. The molecule has 0 atom stereocenters. The highest BCUT2D eigenvalue weighted by Crippen LogP contribution is 2.32. The average Bonchev–Trinajstić information content (AvgIpc) is 3.01. The van der Waals surface area contributed by atoms with E-state index in [-0.39, 0.29) is 5.91 Å². The van der Waals surface area contributed by atoms with E-state index < -0.39 is 0 Å². The molecule has 1 N–H and O–H groups in total. The number of rotatable bonds is 2. The molecule has 0 spiro atoms. The number of hydrogen-bond donors (Lipinski definition) is 1. The summed E-state index contributed by atoms with van der Waals surface area (Å²) in [6, 6.07) is 9.84. The molecule has 1 aromatic heterocycles. The van der Waals surface area contributed by atoms with E-state index in [4.69, 9.17) is 11.6 Å². The second kappa shape index (κ2) is 6.19. The minimum atomic E-state index is -0.105. The molecule has 0 saturated carbocycles. The first kappa shape index (κ1) is 15.6. The molecule has 3 aromatic rings. The van der Waals surface area contributed by atoms with Gasteiger partial charge in [-0.05, 0) is 73.6 Å². The van der Waals surface area contributed by atoms with E-state index in [2.05, 4.69) is 16.4 Å². The summed E-state index contributed by atoms with van der Waals surface area (Å²) in [6.07, 6.45) is 4.63. The van der Waals surface area contributed by atoms with Gasteiger partial charge >= 0.3 is 0 Å². The van der Waals surface area contributed by atoms with Gasteiger partial charge in [0.1, 0.15) is 0 Å². The molecular weight excluding hydrogens is 340 g/mol. The van der Waals surface area contributed by atoms with Gasteiger partial charge in [0.15, 0.2) is 5.13 Å². The van der Waals surface area contributed by atoms with E-state index in [1.54, 1.807) is 0 Å². The van der Waals surface area contributed by atoms with Gasteiger partial charge in [0.2, 0.25) is 0 Å². The van der Waals surface area contributed by atoms with Gasteiger partial charge in [0, 0.05) is 10.6 Å². The lowest BCUT2D eigenvalue weighted by Gasteiger charge is -2.16. The summed E-state index contributed by atoms with van der Waals surface area (Å²) in [7, 11) is 0. The molecule has 0 fully saturated rings. The summed E-state index contributed by atoms with van der Waals surface area (Å²) in [5.41, 5.74) is 5.18. The first-order chi connectivity index (χ1) is 11.6. The summed E-state index contributed by atoms with van der Waals surface area (Å²) in [5.74, 6) is -0.105. The summed E-state index contributed by atoms with van der Waals surface area (Å²) < 4.78 is 1.03. The molecule has 0 saturated heterocycles. The number of carbonyl (C=O) groups is 1. The fourth-order valence-corrected chi connectivity index (χ4v) is 4.27. The summed E-state index contributed by atoms with van der Waals surface area (Å²) >= 11 is 7.61. The lowest BCUT2D eigenvalue weighted by atomic mass is 9.90. The Labute approximate surface area is 149 Å². The van der Waals surface area contributed by atoms with Crippen molar-refractivity contribution >= 4 is 44.2 Å². The van der Waals surface area contributed by atoms with E-state index >= 15 is 0 Å². The Morgan fingerprint density at radius 2 is 1.96 bits per heavy atom. The second-order valence-electron chi connectivity index (χ2n) is 6.18. The van der Waals surface area contributed by atoms with Crippen molar-refractivity contribution in [2.24, 2.45) is 0 Å². The SMILES string of the molecule is Cc1c(Cl)ccc2sc(NC(=O)c3ccc4c(c3)CCCC4)nc12. The number of aryl methyl sites for hydroxylation is 3. The van der Waals surface area contributed by atoms with E-state index in [9.17, 15) is 4.79 Å². The van der Waals surface area contributed by atoms with Gasteiger partial charge in [0.25, 0.3) is 5.91 Å². The molecule has 24 heavy (non-hydrogen) atoms. The maximum atomic E-state index is 12.6. The fraction of sp³-hybridized carbons (Fsp3) is 0.263. The Morgan fingerprint density at radius 1 is 1.17 bits per heavy atom. The third-order valence-corrected chi connectivity index (χ3v) is 5.92. The molecule has 1 aliphatic carbocycles. The zero-order valence-corrected chi connectivity index (χ0v) is 14.9. The normalized spacial score (nSPS) is 13.8. The highest BCUT2D eigenvalue weighted by Gasteiger charge is 2.15. The molecule has 5 heteroatoms. The fourth-order valence-electron chi connectivity index (χ4n) is 3.20. The molecule has 0 radical (unpaired) electrons.